The van der Waals surface area contributed by atoms with Crippen molar-refractivity contribution in [2.24, 2.45) is 17.8 Å². The monoisotopic (exact) mass is 415 g/mol. The first-order valence-electron chi connectivity index (χ1n) is 10.0. The van der Waals surface area contributed by atoms with Crippen LogP contribution in [0.2, 0.25) is 0 Å². The van der Waals surface area contributed by atoms with Gasteiger partial charge in [0.2, 0.25) is 0 Å². The molecule has 29 heavy (non-hydrogen) atoms. The number of hydrogen-bond acceptors (Lipinski definition) is 5. The van der Waals surface area contributed by atoms with Crippen molar-refractivity contribution >= 4 is 34.5 Å². The van der Waals surface area contributed by atoms with Gasteiger partial charge in [-0.15, -0.1) is 0 Å². The van der Waals surface area contributed by atoms with Crippen LogP contribution in [0.4, 0.5) is 0 Å². The van der Waals surface area contributed by atoms with E-state index in [2.05, 4.69) is 5.32 Å². The molecule has 4 atom stereocenters. The number of amides is 1. The molecule has 2 N–H and O–H groups in total. The topological polar surface area (TPSA) is 88.8 Å². The number of ether oxygens (including phenoxy) is 1. The molecule has 3 aliphatic carbocycles. The summed E-state index contributed by atoms with van der Waals surface area (Å²) in [5.74, 6) is 1.13. The Hall–Kier alpha value is -2.41. The average molecular weight is 416 g/mol. The number of furan rings is 1. The van der Waals surface area contributed by atoms with Crippen LogP contribution in [-0.2, 0) is 20.7 Å². The number of methoxy groups -OCH3 is 1. The lowest BCUT2D eigenvalue weighted by atomic mass is 9.91. The number of thiocarbonyl (C=S) groups is 1. The molecule has 0 radical (unpaired) electrons. The van der Waals surface area contributed by atoms with Crippen LogP contribution < -0.4 is 5.32 Å². The summed E-state index contributed by atoms with van der Waals surface area (Å²) < 4.78 is 11.0. The summed E-state index contributed by atoms with van der Waals surface area (Å²) in [6, 6.07) is 3.84. The van der Waals surface area contributed by atoms with Crippen molar-refractivity contribution < 1.29 is 23.8 Å². The van der Waals surface area contributed by atoms with Gasteiger partial charge in [0.15, 0.2) is 0 Å². The lowest BCUT2D eigenvalue weighted by molar-refractivity contribution is -0.141. The highest BCUT2D eigenvalue weighted by atomic mass is 32.1. The first kappa shape index (κ1) is 19.9. The third kappa shape index (κ3) is 4.15. The number of fused-ring (bicyclic) bond motifs is 2. The van der Waals surface area contributed by atoms with E-state index in [1.165, 1.54) is 26.4 Å². The average Bonchev–Trinajstić information content (AvgIpc) is 3.44. The number of hydrogen-bond donors (Lipinski definition) is 2. The molecule has 0 aliphatic heterocycles. The van der Waals surface area contributed by atoms with E-state index in [0.717, 1.165) is 17.9 Å². The van der Waals surface area contributed by atoms with Crippen molar-refractivity contribution in [3.8, 4) is 0 Å². The van der Waals surface area contributed by atoms with Gasteiger partial charge in [-0.3, -0.25) is 9.59 Å². The van der Waals surface area contributed by atoms with Crippen molar-refractivity contribution in [3.05, 3.63) is 41.6 Å². The molecule has 4 rings (SSSR count). The van der Waals surface area contributed by atoms with Gasteiger partial charge in [-0.05, 0) is 61.3 Å². The van der Waals surface area contributed by atoms with E-state index in [1.54, 1.807) is 24.3 Å². The third-order valence-electron chi connectivity index (χ3n) is 6.37. The molecule has 1 aromatic rings. The lowest BCUT2D eigenvalue weighted by Gasteiger charge is -2.22. The molecular weight excluding hydrogens is 390 g/mol. The van der Waals surface area contributed by atoms with Gasteiger partial charge in [0.25, 0.3) is 5.91 Å². The summed E-state index contributed by atoms with van der Waals surface area (Å²) >= 11 is 5.34. The molecule has 7 heteroatoms. The Kier molecular flexibility index (Phi) is 5.58. The van der Waals surface area contributed by atoms with E-state index in [4.69, 9.17) is 21.4 Å². The van der Waals surface area contributed by atoms with Gasteiger partial charge < -0.3 is 19.6 Å². The van der Waals surface area contributed by atoms with Gasteiger partial charge in [0.05, 0.1) is 12.0 Å². The third-order valence-corrected chi connectivity index (χ3v) is 6.70. The number of carbonyl (C=O) groups is 2. The van der Waals surface area contributed by atoms with E-state index in [-0.39, 0.29) is 24.8 Å². The Labute approximate surface area is 175 Å². The first-order chi connectivity index (χ1) is 13.9. The van der Waals surface area contributed by atoms with Crippen LogP contribution in [0.3, 0.4) is 0 Å². The maximum absolute atomic E-state index is 12.5. The highest BCUT2D eigenvalue weighted by molar-refractivity contribution is 7.82. The second-order valence-corrected chi connectivity index (χ2v) is 8.67. The maximum atomic E-state index is 12.5. The van der Waals surface area contributed by atoms with E-state index < -0.39 is 11.9 Å². The van der Waals surface area contributed by atoms with Gasteiger partial charge in [-0.2, -0.15) is 0 Å². The Bertz CT molecular complexity index is 899. The minimum atomic E-state index is -0.936. The van der Waals surface area contributed by atoms with Gasteiger partial charge in [-0.25, -0.2) is 0 Å². The van der Waals surface area contributed by atoms with Crippen LogP contribution in [0.5, 0.6) is 0 Å². The fourth-order valence-electron chi connectivity index (χ4n) is 4.84. The minimum absolute atomic E-state index is 0.175. The van der Waals surface area contributed by atoms with Crippen LogP contribution in [0.25, 0.3) is 5.57 Å². The summed E-state index contributed by atoms with van der Waals surface area (Å²) in [4.78, 5) is 24.3. The minimum Gasteiger partial charge on any atom is -0.500 e. The molecule has 1 amide bonds. The SMILES string of the molecule is COC1=CC=C(c2ccc(CC(=S)C(=O)NC3CC4CCC3C4)o2)CC1C(=O)O. The number of carboxylic acid groups (broad SMARTS) is 1. The first-order valence-corrected chi connectivity index (χ1v) is 10.5. The molecule has 2 fully saturated rings. The number of carboxylic acids is 1. The number of aliphatic carboxylic acids is 1. The molecule has 1 heterocycles. The number of nitrogens with one attached hydrogen (secondary N) is 1. The van der Waals surface area contributed by atoms with E-state index in [0.29, 0.717) is 28.1 Å². The van der Waals surface area contributed by atoms with Crippen LogP contribution in [0, 0.1) is 17.8 Å². The largest absolute Gasteiger partial charge is 0.500 e. The predicted molar refractivity (Wildman–Crippen MR) is 111 cm³/mol. The number of allylic oxidation sites excluding steroid dienone is 3. The molecule has 0 aromatic carbocycles. The summed E-state index contributed by atoms with van der Waals surface area (Å²) in [5.41, 5.74) is 0.779. The van der Waals surface area contributed by atoms with Gasteiger partial charge in [-0.1, -0.05) is 24.7 Å². The molecule has 4 unspecified atom stereocenters. The Balaban J connectivity index is 1.37. The van der Waals surface area contributed by atoms with Gasteiger partial charge in [0.1, 0.15) is 23.2 Å². The Morgan fingerprint density at radius 1 is 1.28 bits per heavy atom. The van der Waals surface area contributed by atoms with Crippen molar-refractivity contribution in [1.29, 1.82) is 0 Å². The maximum Gasteiger partial charge on any atom is 0.314 e. The summed E-state index contributed by atoms with van der Waals surface area (Å²) in [5, 5.41) is 12.5. The predicted octanol–water partition coefficient (Wildman–Crippen LogP) is 3.52. The molecule has 1 aromatic heterocycles. The van der Waals surface area contributed by atoms with Crippen molar-refractivity contribution in [3.63, 3.8) is 0 Å². The second kappa shape index (κ2) is 8.14. The summed E-state index contributed by atoms with van der Waals surface area (Å²) in [7, 11) is 1.47. The zero-order valence-electron chi connectivity index (χ0n) is 16.3. The molecule has 0 spiro atoms. The quantitative estimate of drug-likeness (QED) is 0.663. The lowest BCUT2D eigenvalue weighted by Crippen LogP contribution is -2.42. The van der Waals surface area contributed by atoms with Gasteiger partial charge >= 0.3 is 5.97 Å². The summed E-state index contributed by atoms with van der Waals surface area (Å²) in [6.07, 6.45) is 8.80. The van der Waals surface area contributed by atoms with Crippen LogP contribution in [0.1, 0.15) is 43.6 Å². The smallest absolute Gasteiger partial charge is 0.314 e. The van der Waals surface area contributed by atoms with Crippen LogP contribution in [-0.4, -0.2) is 35.0 Å². The zero-order valence-corrected chi connectivity index (χ0v) is 17.2. The summed E-state index contributed by atoms with van der Waals surface area (Å²) in [6.45, 7) is 0. The van der Waals surface area contributed by atoms with Crippen molar-refractivity contribution in [2.75, 3.05) is 7.11 Å². The highest BCUT2D eigenvalue weighted by Crippen LogP contribution is 2.44. The molecule has 6 nitrogen and oxygen atoms in total. The van der Waals surface area contributed by atoms with E-state index in [9.17, 15) is 14.7 Å². The molecule has 154 valence electrons. The molecule has 3 aliphatic rings. The fourth-order valence-corrected chi connectivity index (χ4v) is 5.05. The molecule has 2 bridgehead atoms. The Morgan fingerprint density at radius 3 is 2.76 bits per heavy atom. The van der Waals surface area contributed by atoms with Crippen LogP contribution in [0.15, 0.2) is 34.5 Å². The highest BCUT2D eigenvalue weighted by Gasteiger charge is 2.40. The fraction of sp³-hybridized carbons (Fsp3) is 0.500. The zero-order chi connectivity index (χ0) is 20.5. The standard InChI is InChI=1S/C22H25NO5S/c1-27-19-6-4-14(10-16(19)22(25)26)18-7-5-15(28-18)11-20(29)21(24)23-17-9-12-2-3-13(17)8-12/h4-7,12-13,16-17H,2-3,8-11H2,1H3,(H,23,24)(H,25,26). The number of carbonyl (C=O) groups excluding carboxylic acids is 1. The van der Waals surface area contributed by atoms with Gasteiger partial charge in [0, 0.05) is 12.5 Å². The second-order valence-electron chi connectivity index (χ2n) is 8.18. The molecular formula is C22H25NO5S. The van der Waals surface area contributed by atoms with E-state index >= 15 is 0 Å². The number of rotatable bonds is 7. The normalized spacial score (nSPS) is 27.9. The van der Waals surface area contributed by atoms with Crippen molar-refractivity contribution in [2.45, 2.75) is 44.6 Å². The Morgan fingerprint density at radius 2 is 2.10 bits per heavy atom. The van der Waals surface area contributed by atoms with Crippen LogP contribution >= 0.6 is 12.2 Å². The van der Waals surface area contributed by atoms with Crippen molar-refractivity contribution in [1.82, 2.24) is 5.32 Å². The van der Waals surface area contributed by atoms with E-state index in [1.807, 2.05) is 0 Å². The molecule has 2 saturated carbocycles. The molecule has 0 saturated heterocycles.